The largest absolute Gasteiger partial charge is 0.497 e. The Hall–Kier alpha value is -3.10. The highest BCUT2D eigenvalue weighted by atomic mass is 16.5. The molecule has 0 saturated carbocycles. The standard InChI is InChI=1S/C29H38N6O2/c1-36-23-19-22-7-3-4-8-24(22)27(20-23)35-14-9-25-26(21-35)31-29(32-28(25)34-15-10-30-11-16-34)37-18-17-33-12-5-2-6-13-33/h3-4,7-8,19-20,30H,2,5-6,9-18,21H2,1H3. The van der Waals surface area contributed by atoms with Gasteiger partial charge in [-0.05, 0) is 43.8 Å². The zero-order chi connectivity index (χ0) is 25.0. The summed E-state index contributed by atoms with van der Waals surface area (Å²) in [6.07, 6.45) is 4.83. The maximum Gasteiger partial charge on any atom is 0.318 e. The van der Waals surface area contributed by atoms with Crippen molar-refractivity contribution in [3.63, 3.8) is 0 Å². The first kappa shape index (κ1) is 24.2. The molecule has 0 atom stereocenters. The molecule has 3 aliphatic heterocycles. The molecule has 1 N–H and O–H groups in total. The van der Waals surface area contributed by atoms with E-state index in [0.717, 1.165) is 69.5 Å². The summed E-state index contributed by atoms with van der Waals surface area (Å²) >= 11 is 0. The fraction of sp³-hybridized carbons (Fsp3) is 0.517. The molecule has 6 rings (SSSR count). The van der Waals surface area contributed by atoms with E-state index in [1.807, 2.05) is 0 Å². The number of piperazine rings is 1. The molecule has 0 aliphatic carbocycles. The van der Waals surface area contributed by atoms with Crippen molar-refractivity contribution in [3.8, 4) is 11.8 Å². The SMILES string of the molecule is COc1cc(N2CCc3c(nc(OCCN4CCCCC4)nc3N3CCNCC3)C2)c2ccccc2c1. The Labute approximate surface area is 219 Å². The topological polar surface area (TPSA) is 66.0 Å². The quantitative estimate of drug-likeness (QED) is 0.527. The molecule has 0 unspecified atom stereocenters. The van der Waals surface area contributed by atoms with Crippen molar-refractivity contribution >= 4 is 22.3 Å². The fourth-order valence-electron chi connectivity index (χ4n) is 5.89. The highest BCUT2D eigenvalue weighted by molar-refractivity contribution is 5.95. The van der Waals surface area contributed by atoms with Crippen LogP contribution in [0.4, 0.5) is 11.5 Å². The maximum absolute atomic E-state index is 6.21. The molecule has 0 amide bonds. The van der Waals surface area contributed by atoms with E-state index in [9.17, 15) is 0 Å². The Balaban J connectivity index is 1.29. The number of methoxy groups -OCH3 is 1. The van der Waals surface area contributed by atoms with Gasteiger partial charge in [0.25, 0.3) is 0 Å². The van der Waals surface area contributed by atoms with Gasteiger partial charge in [-0.25, -0.2) is 0 Å². The molecule has 3 aromatic rings. The average molecular weight is 503 g/mol. The molecule has 2 saturated heterocycles. The van der Waals surface area contributed by atoms with Gasteiger partial charge in [-0.3, -0.25) is 4.90 Å². The van der Waals surface area contributed by atoms with Crippen LogP contribution in [0.5, 0.6) is 11.8 Å². The normalized spacial score (nSPS) is 18.6. The number of piperidine rings is 1. The maximum atomic E-state index is 6.21. The lowest BCUT2D eigenvalue weighted by molar-refractivity contribution is 0.177. The van der Waals surface area contributed by atoms with Gasteiger partial charge in [0.1, 0.15) is 18.2 Å². The van der Waals surface area contributed by atoms with Gasteiger partial charge >= 0.3 is 6.01 Å². The zero-order valence-corrected chi connectivity index (χ0v) is 21.9. The number of nitrogens with one attached hydrogen (secondary N) is 1. The van der Waals surface area contributed by atoms with Crippen molar-refractivity contribution in [3.05, 3.63) is 47.7 Å². The number of anilines is 2. The van der Waals surface area contributed by atoms with E-state index in [1.165, 1.54) is 54.4 Å². The summed E-state index contributed by atoms with van der Waals surface area (Å²) < 4.78 is 11.9. The first-order valence-corrected chi connectivity index (χ1v) is 13.8. The van der Waals surface area contributed by atoms with Crippen LogP contribution in [0, 0.1) is 0 Å². The van der Waals surface area contributed by atoms with Crippen LogP contribution in [-0.4, -0.2) is 80.9 Å². The van der Waals surface area contributed by atoms with Crippen LogP contribution >= 0.6 is 0 Å². The van der Waals surface area contributed by atoms with Gasteiger partial charge in [0.2, 0.25) is 0 Å². The van der Waals surface area contributed by atoms with Crippen LogP contribution in [0.2, 0.25) is 0 Å². The number of hydrogen-bond donors (Lipinski definition) is 1. The Morgan fingerprint density at radius 2 is 1.76 bits per heavy atom. The summed E-state index contributed by atoms with van der Waals surface area (Å²) in [6, 6.07) is 13.3. The summed E-state index contributed by atoms with van der Waals surface area (Å²) in [5, 5.41) is 5.89. The lowest BCUT2D eigenvalue weighted by atomic mass is 10.0. The summed E-state index contributed by atoms with van der Waals surface area (Å²) in [7, 11) is 1.74. The zero-order valence-electron chi connectivity index (χ0n) is 21.9. The third kappa shape index (κ3) is 5.31. The van der Waals surface area contributed by atoms with E-state index in [2.05, 4.69) is 56.4 Å². The van der Waals surface area contributed by atoms with Crippen LogP contribution in [0.25, 0.3) is 10.8 Å². The van der Waals surface area contributed by atoms with Gasteiger partial charge < -0.3 is 24.6 Å². The van der Waals surface area contributed by atoms with Crippen molar-refractivity contribution in [2.45, 2.75) is 32.2 Å². The van der Waals surface area contributed by atoms with Gasteiger partial charge in [-0.2, -0.15) is 9.97 Å². The van der Waals surface area contributed by atoms with Gasteiger partial charge in [0.05, 0.1) is 19.3 Å². The van der Waals surface area contributed by atoms with Crippen molar-refractivity contribution in [1.29, 1.82) is 0 Å². The van der Waals surface area contributed by atoms with E-state index in [0.29, 0.717) is 12.6 Å². The molecule has 0 radical (unpaired) electrons. The van der Waals surface area contributed by atoms with E-state index in [-0.39, 0.29) is 0 Å². The first-order chi connectivity index (χ1) is 18.3. The number of likely N-dealkylation sites (tertiary alicyclic amines) is 1. The van der Waals surface area contributed by atoms with Crippen LogP contribution in [0.15, 0.2) is 36.4 Å². The molecular formula is C29H38N6O2. The molecule has 4 heterocycles. The van der Waals surface area contributed by atoms with E-state index >= 15 is 0 Å². The second kappa shape index (κ2) is 11.1. The van der Waals surface area contributed by atoms with Gasteiger partial charge in [0.15, 0.2) is 0 Å². The summed E-state index contributed by atoms with van der Waals surface area (Å²) in [4.78, 5) is 17.3. The number of aromatic nitrogens is 2. The molecule has 0 bridgehead atoms. The Morgan fingerprint density at radius 3 is 2.59 bits per heavy atom. The van der Waals surface area contributed by atoms with Crippen molar-refractivity contribution in [2.75, 3.05) is 75.9 Å². The minimum Gasteiger partial charge on any atom is -0.497 e. The number of nitrogens with zero attached hydrogens (tertiary/aromatic N) is 5. The fourth-order valence-corrected chi connectivity index (χ4v) is 5.89. The van der Waals surface area contributed by atoms with Gasteiger partial charge in [-0.15, -0.1) is 0 Å². The molecule has 2 aromatic carbocycles. The Morgan fingerprint density at radius 1 is 0.919 bits per heavy atom. The Bertz CT molecular complexity index is 1220. The number of hydrogen-bond acceptors (Lipinski definition) is 8. The highest BCUT2D eigenvalue weighted by Gasteiger charge is 2.27. The van der Waals surface area contributed by atoms with E-state index in [1.54, 1.807) is 7.11 Å². The number of fused-ring (bicyclic) bond motifs is 2. The number of rotatable bonds is 7. The van der Waals surface area contributed by atoms with Gasteiger partial charge in [-0.1, -0.05) is 30.7 Å². The monoisotopic (exact) mass is 502 g/mol. The average Bonchev–Trinajstić information content (AvgIpc) is 2.97. The summed E-state index contributed by atoms with van der Waals surface area (Å²) in [6.45, 7) is 9.43. The smallest absolute Gasteiger partial charge is 0.318 e. The third-order valence-corrected chi connectivity index (χ3v) is 7.92. The summed E-state index contributed by atoms with van der Waals surface area (Å²) in [5.74, 6) is 1.94. The Kier molecular flexibility index (Phi) is 7.28. The first-order valence-electron chi connectivity index (χ1n) is 13.8. The minimum absolute atomic E-state index is 0.515. The predicted octanol–water partition coefficient (Wildman–Crippen LogP) is 3.48. The minimum atomic E-state index is 0.515. The van der Waals surface area contributed by atoms with Crippen LogP contribution in [-0.2, 0) is 13.0 Å². The highest BCUT2D eigenvalue weighted by Crippen LogP contribution is 2.36. The second-order valence-electron chi connectivity index (χ2n) is 10.3. The molecular weight excluding hydrogens is 464 g/mol. The number of ether oxygens (including phenoxy) is 2. The number of benzene rings is 2. The van der Waals surface area contributed by atoms with Crippen molar-refractivity contribution < 1.29 is 9.47 Å². The van der Waals surface area contributed by atoms with Crippen LogP contribution in [0.1, 0.15) is 30.5 Å². The van der Waals surface area contributed by atoms with Crippen molar-refractivity contribution in [2.24, 2.45) is 0 Å². The van der Waals surface area contributed by atoms with Crippen molar-refractivity contribution in [1.82, 2.24) is 20.2 Å². The van der Waals surface area contributed by atoms with Gasteiger partial charge in [0, 0.05) is 62.0 Å². The lowest BCUT2D eigenvalue weighted by Gasteiger charge is -2.35. The predicted molar refractivity (Wildman–Crippen MR) is 148 cm³/mol. The molecule has 3 aliphatic rings. The third-order valence-electron chi connectivity index (χ3n) is 7.92. The molecule has 8 nitrogen and oxygen atoms in total. The molecule has 2 fully saturated rings. The molecule has 1 aromatic heterocycles. The van der Waals surface area contributed by atoms with E-state index in [4.69, 9.17) is 19.4 Å². The molecule has 196 valence electrons. The molecule has 37 heavy (non-hydrogen) atoms. The molecule has 8 heteroatoms. The van der Waals surface area contributed by atoms with Crippen LogP contribution < -0.4 is 24.6 Å². The van der Waals surface area contributed by atoms with E-state index < -0.39 is 0 Å². The molecule has 0 spiro atoms. The summed E-state index contributed by atoms with van der Waals surface area (Å²) in [5.41, 5.74) is 3.54. The second-order valence-corrected chi connectivity index (χ2v) is 10.3. The van der Waals surface area contributed by atoms with Crippen LogP contribution in [0.3, 0.4) is 0 Å². The lowest BCUT2D eigenvalue weighted by Crippen LogP contribution is -2.45.